The zero-order valence-electron chi connectivity index (χ0n) is 22.2. The van der Waals surface area contributed by atoms with Gasteiger partial charge in [0.25, 0.3) is 0 Å². The van der Waals surface area contributed by atoms with Gasteiger partial charge in [-0.1, -0.05) is 11.6 Å². The molecular formula is C28H32ClN7O3. The standard InChI is InChI=1S/C28H32ClN7O3/c1-28(7-8-28)39-27-24-26(32-18-33-27)36(17-19-3-4-21(37-2)16-31-19)25(34-24)22-6-5-20(15-23(22)29)38-14-13-35-11-9-30-10-12-35/h3-6,15-16,18,30H,7-14,17H2,1-2H3. The van der Waals surface area contributed by atoms with Crippen molar-refractivity contribution in [2.45, 2.75) is 31.9 Å². The van der Waals surface area contributed by atoms with Crippen molar-refractivity contribution in [2.24, 2.45) is 0 Å². The molecule has 11 heteroatoms. The smallest absolute Gasteiger partial charge is 0.245 e. The van der Waals surface area contributed by atoms with E-state index in [4.69, 9.17) is 30.8 Å². The van der Waals surface area contributed by atoms with Crippen LogP contribution in [0.3, 0.4) is 0 Å². The molecule has 2 fully saturated rings. The average Bonchev–Trinajstić information content (AvgIpc) is 3.57. The Balaban J connectivity index is 1.31. The monoisotopic (exact) mass is 549 g/mol. The summed E-state index contributed by atoms with van der Waals surface area (Å²) in [6.07, 6.45) is 5.20. The number of methoxy groups -OCH3 is 1. The number of halogens is 1. The van der Waals surface area contributed by atoms with E-state index in [0.29, 0.717) is 46.8 Å². The third kappa shape index (κ3) is 5.78. The second-order valence-corrected chi connectivity index (χ2v) is 10.6. The summed E-state index contributed by atoms with van der Waals surface area (Å²) >= 11 is 6.84. The maximum Gasteiger partial charge on any atom is 0.245 e. The van der Waals surface area contributed by atoms with Crippen molar-refractivity contribution in [3.63, 3.8) is 0 Å². The first-order valence-corrected chi connectivity index (χ1v) is 13.6. The van der Waals surface area contributed by atoms with Crippen molar-refractivity contribution in [1.29, 1.82) is 0 Å². The fourth-order valence-electron chi connectivity index (χ4n) is 4.64. The van der Waals surface area contributed by atoms with Crippen LogP contribution in [0.1, 0.15) is 25.5 Å². The Kier molecular flexibility index (Phi) is 7.24. The molecule has 1 saturated carbocycles. The van der Waals surface area contributed by atoms with Gasteiger partial charge in [-0.25, -0.2) is 9.97 Å². The maximum atomic E-state index is 6.84. The van der Waals surface area contributed by atoms with Crippen molar-refractivity contribution in [2.75, 3.05) is 46.4 Å². The summed E-state index contributed by atoms with van der Waals surface area (Å²) in [4.78, 5) is 20.9. The Morgan fingerprint density at radius 1 is 1.05 bits per heavy atom. The van der Waals surface area contributed by atoms with E-state index in [1.165, 1.54) is 6.33 Å². The van der Waals surface area contributed by atoms with Gasteiger partial charge in [0, 0.05) is 38.3 Å². The lowest BCUT2D eigenvalue weighted by molar-refractivity contribution is 0.191. The summed E-state index contributed by atoms with van der Waals surface area (Å²) in [5.41, 5.74) is 2.65. The Morgan fingerprint density at radius 2 is 1.87 bits per heavy atom. The highest BCUT2D eigenvalue weighted by Crippen LogP contribution is 2.41. The van der Waals surface area contributed by atoms with E-state index in [9.17, 15) is 0 Å². The number of imidazole rings is 1. The molecule has 0 amide bonds. The van der Waals surface area contributed by atoms with Crippen LogP contribution in [0.5, 0.6) is 17.4 Å². The highest BCUT2D eigenvalue weighted by molar-refractivity contribution is 6.33. The normalized spacial score (nSPS) is 16.8. The Labute approximate surface area is 232 Å². The van der Waals surface area contributed by atoms with Gasteiger partial charge in [-0.3, -0.25) is 9.88 Å². The van der Waals surface area contributed by atoms with Crippen LogP contribution in [0.4, 0.5) is 0 Å². The lowest BCUT2D eigenvalue weighted by Gasteiger charge is -2.26. The van der Waals surface area contributed by atoms with Crippen molar-refractivity contribution in [3.05, 3.63) is 53.6 Å². The van der Waals surface area contributed by atoms with Crippen LogP contribution in [-0.4, -0.2) is 81.4 Å². The lowest BCUT2D eigenvalue weighted by Crippen LogP contribution is -2.44. The zero-order valence-corrected chi connectivity index (χ0v) is 22.9. The fourth-order valence-corrected chi connectivity index (χ4v) is 4.89. The number of nitrogens with one attached hydrogen (secondary N) is 1. The molecule has 1 aliphatic carbocycles. The van der Waals surface area contributed by atoms with Gasteiger partial charge < -0.3 is 24.1 Å². The number of benzene rings is 1. The zero-order chi connectivity index (χ0) is 26.8. The number of hydrogen-bond acceptors (Lipinski definition) is 9. The molecule has 0 spiro atoms. The molecule has 0 radical (unpaired) electrons. The number of aromatic nitrogens is 5. The summed E-state index contributed by atoms with van der Waals surface area (Å²) in [6, 6.07) is 9.53. The van der Waals surface area contributed by atoms with Gasteiger partial charge >= 0.3 is 0 Å². The third-order valence-corrected chi connectivity index (χ3v) is 7.53. The molecule has 204 valence electrons. The van der Waals surface area contributed by atoms with Crippen LogP contribution in [0, 0.1) is 0 Å². The largest absolute Gasteiger partial charge is 0.495 e. The molecule has 1 N–H and O–H groups in total. The van der Waals surface area contributed by atoms with Gasteiger partial charge in [0.15, 0.2) is 11.2 Å². The minimum atomic E-state index is -0.204. The van der Waals surface area contributed by atoms with Crippen molar-refractivity contribution >= 4 is 22.8 Å². The van der Waals surface area contributed by atoms with Crippen LogP contribution in [-0.2, 0) is 6.54 Å². The summed E-state index contributed by atoms with van der Waals surface area (Å²) < 4.78 is 19.5. The second kappa shape index (κ2) is 11.0. The Morgan fingerprint density at radius 3 is 2.59 bits per heavy atom. The van der Waals surface area contributed by atoms with Crippen molar-refractivity contribution < 1.29 is 14.2 Å². The number of nitrogens with zero attached hydrogens (tertiary/aromatic N) is 6. The predicted molar refractivity (Wildman–Crippen MR) is 149 cm³/mol. The number of pyridine rings is 1. The van der Waals surface area contributed by atoms with Crippen LogP contribution >= 0.6 is 11.6 Å². The Hall–Kier alpha value is -3.47. The molecule has 0 bridgehead atoms. The van der Waals surface area contributed by atoms with Gasteiger partial charge in [-0.15, -0.1) is 0 Å². The van der Waals surface area contributed by atoms with E-state index < -0.39 is 0 Å². The third-order valence-electron chi connectivity index (χ3n) is 7.22. The molecule has 6 rings (SSSR count). The quantitative estimate of drug-likeness (QED) is 0.316. The van der Waals surface area contributed by atoms with E-state index in [2.05, 4.69) is 32.1 Å². The van der Waals surface area contributed by atoms with Gasteiger partial charge in [-0.2, -0.15) is 4.98 Å². The molecule has 0 unspecified atom stereocenters. The van der Waals surface area contributed by atoms with E-state index >= 15 is 0 Å². The molecule has 39 heavy (non-hydrogen) atoms. The molecule has 1 aliphatic heterocycles. The van der Waals surface area contributed by atoms with E-state index in [0.717, 1.165) is 62.6 Å². The maximum absolute atomic E-state index is 6.84. The van der Waals surface area contributed by atoms with E-state index in [1.54, 1.807) is 13.3 Å². The molecule has 4 aromatic rings. The molecule has 1 saturated heterocycles. The molecule has 4 heterocycles. The summed E-state index contributed by atoms with van der Waals surface area (Å²) in [7, 11) is 1.62. The topological polar surface area (TPSA) is 99.5 Å². The molecule has 1 aromatic carbocycles. The minimum absolute atomic E-state index is 0.204. The number of ether oxygens (including phenoxy) is 3. The van der Waals surface area contributed by atoms with Gasteiger partial charge in [0.2, 0.25) is 5.88 Å². The number of rotatable bonds is 10. The van der Waals surface area contributed by atoms with E-state index in [1.807, 2.05) is 34.9 Å². The SMILES string of the molecule is COc1ccc(Cn2c(-c3ccc(OCCN4CCNCC4)cc3Cl)nc3c(OC4(C)CC4)ncnc32)nc1. The van der Waals surface area contributed by atoms with Crippen LogP contribution in [0.15, 0.2) is 42.9 Å². The first-order valence-electron chi connectivity index (χ1n) is 13.3. The first-order chi connectivity index (χ1) is 19.0. The molecular weight excluding hydrogens is 518 g/mol. The summed E-state index contributed by atoms with van der Waals surface area (Å²) in [6.45, 7) is 8.11. The van der Waals surface area contributed by atoms with Crippen LogP contribution < -0.4 is 19.5 Å². The molecule has 0 atom stereocenters. The highest BCUT2D eigenvalue weighted by Gasteiger charge is 2.41. The van der Waals surface area contributed by atoms with Crippen molar-refractivity contribution in [3.8, 4) is 28.8 Å². The lowest BCUT2D eigenvalue weighted by atomic mass is 10.2. The first kappa shape index (κ1) is 25.8. The summed E-state index contributed by atoms with van der Waals surface area (Å²) in [5, 5.41) is 3.91. The number of fused-ring (bicyclic) bond motifs is 1. The van der Waals surface area contributed by atoms with Gasteiger partial charge in [-0.05, 0) is 50.1 Å². The number of piperazine rings is 1. The molecule has 3 aromatic heterocycles. The van der Waals surface area contributed by atoms with E-state index in [-0.39, 0.29) is 5.60 Å². The predicted octanol–water partition coefficient (Wildman–Crippen LogP) is 3.81. The van der Waals surface area contributed by atoms with Crippen LogP contribution in [0.2, 0.25) is 5.02 Å². The van der Waals surface area contributed by atoms with Gasteiger partial charge in [0.05, 0.1) is 30.6 Å². The summed E-state index contributed by atoms with van der Waals surface area (Å²) in [5.74, 6) is 2.56. The van der Waals surface area contributed by atoms with Gasteiger partial charge in [0.1, 0.15) is 35.9 Å². The Bertz CT molecular complexity index is 1450. The van der Waals surface area contributed by atoms with Crippen LogP contribution in [0.25, 0.3) is 22.6 Å². The minimum Gasteiger partial charge on any atom is -0.495 e. The number of hydrogen-bond donors (Lipinski definition) is 1. The molecule has 10 nitrogen and oxygen atoms in total. The molecule has 2 aliphatic rings. The van der Waals surface area contributed by atoms with Crippen molar-refractivity contribution in [1.82, 2.24) is 34.7 Å². The highest BCUT2D eigenvalue weighted by atomic mass is 35.5. The average molecular weight is 550 g/mol. The second-order valence-electron chi connectivity index (χ2n) is 10.2. The fraction of sp³-hybridized carbons (Fsp3) is 0.429.